The standard InChI is InChI=1S/C22H18F3N5O2S2/c1-2-7-34(32)30-17-6-5-15(23)18(19(17)25)21(31)20-14-8-11(10-27-22(14)29-28-20)13-4-3-12(33-26)9-16(13)24/h3-6,8-10,30H,2,7,26H2,1H3,(H,27,28,29). The van der Waals surface area contributed by atoms with E-state index >= 15 is 4.39 Å². The van der Waals surface area contributed by atoms with Crippen LogP contribution in [0.5, 0.6) is 0 Å². The maximum atomic E-state index is 15.1. The number of anilines is 1. The molecule has 0 aliphatic rings. The van der Waals surface area contributed by atoms with Crippen LogP contribution in [0.3, 0.4) is 0 Å². The highest BCUT2D eigenvalue weighted by Crippen LogP contribution is 2.30. The highest BCUT2D eigenvalue weighted by molar-refractivity contribution is 7.97. The monoisotopic (exact) mass is 505 g/mol. The summed E-state index contributed by atoms with van der Waals surface area (Å²) < 4.78 is 58.6. The van der Waals surface area contributed by atoms with Crippen molar-refractivity contribution in [3.63, 3.8) is 0 Å². The van der Waals surface area contributed by atoms with Gasteiger partial charge in [0.05, 0.1) is 16.6 Å². The lowest BCUT2D eigenvalue weighted by Crippen LogP contribution is -2.14. The molecule has 2 aromatic heterocycles. The zero-order chi connectivity index (χ0) is 24.4. The van der Waals surface area contributed by atoms with Gasteiger partial charge in [-0.05, 0) is 48.7 Å². The minimum atomic E-state index is -1.60. The van der Waals surface area contributed by atoms with Crippen molar-refractivity contribution in [1.82, 2.24) is 15.2 Å². The number of nitrogens with zero attached hydrogens (tertiary/aromatic N) is 2. The van der Waals surface area contributed by atoms with Crippen LogP contribution in [0.25, 0.3) is 22.2 Å². The van der Waals surface area contributed by atoms with Crippen LogP contribution in [0.4, 0.5) is 18.9 Å². The molecule has 34 heavy (non-hydrogen) atoms. The summed E-state index contributed by atoms with van der Waals surface area (Å²) in [6.45, 7) is 1.80. The largest absolute Gasteiger partial charge is 0.302 e. The number of nitrogens with two attached hydrogens (primary N) is 1. The summed E-state index contributed by atoms with van der Waals surface area (Å²) in [5.74, 6) is -3.59. The number of benzene rings is 2. The van der Waals surface area contributed by atoms with Crippen LogP contribution < -0.4 is 9.86 Å². The molecule has 2 heterocycles. The molecule has 1 atom stereocenters. The molecule has 4 aromatic rings. The first-order chi connectivity index (χ1) is 16.3. The molecule has 0 amide bonds. The predicted molar refractivity (Wildman–Crippen MR) is 126 cm³/mol. The third-order valence-electron chi connectivity index (χ3n) is 4.96. The molecule has 2 aromatic carbocycles. The second kappa shape index (κ2) is 9.95. The summed E-state index contributed by atoms with van der Waals surface area (Å²) in [6, 6.07) is 7.85. The van der Waals surface area contributed by atoms with Gasteiger partial charge in [-0.2, -0.15) is 5.10 Å². The van der Waals surface area contributed by atoms with E-state index in [1.807, 2.05) is 0 Å². The molecule has 0 fully saturated rings. The number of aromatic nitrogens is 3. The van der Waals surface area contributed by atoms with E-state index in [-0.39, 0.29) is 33.7 Å². The number of nitrogens with one attached hydrogen (secondary N) is 2. The highest BCUT2D eigenvalue weighted by atomic mass is 32.2. The number of H-pyrrole nitrogens is 1. The SMILES string of the molecule is CCCS(=O)Nc1ccc(F)c(C(=O)c2[nH]nc3ncc(-c4ccc(SN)cc4F)cc23)c1F. The molecule has 0 radical (unpaired) electrons. The van der Waals surface area contributed by atoms with Gasteiger partial charge in [0.2, 0.25) is 5.78 Å². The van der Waals surface area contributed by atoms with Gasteiger partial charge in [0.1, 0.15) is 28.3 Å². The first-order valence-electron chi connectivity index (χ1n) is 10.0. The smallest absolute Gasteiger partial charge is 0.217 e. The Morgan fingerprint density at radius 1 is 1.18 bits per heavy atom. The summed E-state index contributed by atoms with van der Waals surface area (Å²) in [5, 5.41) is 12.0. The highest BCUT2D eigenvalue weighted by Gasteiger charge is 2.26. The number of rotatable bonds is 8. The molecule has 0 bridgehead atoms. The Labute approximate surface area is 199 Å². The molecule has 4 N–H and O–H groups in total. The maximum absolute atomic E-state index is 15.1. The Kier molecular flexibility index (Phi) is 7.00. The summed E-state index contributed by atoms with van der Waals surface area (Å²) in [7, 11) is -1.60. The van der Waals surface area contributed by atoms with E-state index in [1.165, 1.54) is 24.4 Å². The van der Waals surface area contributed by atoms with Crippen LogP contribution in [-0.2, 0) is 11.0 Å². The fourth-order valence-electron chi connectivity index (χ4n) is 3.35. The molecule has 0 saturated heterocycles. The Bertz CT molecular complexity index is 1430. The Balaban J connectivity index is 1.77. The first-order valence-corrected chi connectivity index (χ1v) is 12.2. The molecule has 0 aliphatic heterocycles. The summed E-state index contributed by atoms with van der Waals surface area (Å²) in [4.78, 5) is 17.8. The molecule has 0 spiro atoms. The van der Waals surface area contributed by atoms with Crippen LogP contribution in [0.2, 0.25) is 0 Å². The van der Waals surface area contributed by atoms with Crippen LogP contribution in [-0.4, -0.2) is 30.9 Å². The van der Waals surface area contributed by atoms with Gasteiger partial charge >= 0.3 is 0 Å². The zero-order valence-corrected chi connectivity index (χ0v) is 19.3. The van der Waals surface area contributed by atoms with Crippen molar-refractivity contribution in [2.75, 3.05) is 10.5 Å². The topological polar surface area (TPSA) is 114 Å². The van der Waals surface area contributed by atoms with Gasteiger partial charge in [0.25, 0.3) is 0 Å². The van der Waals surface area contributed by atoms with E-state index < -0.39 is 39.8 Å². The number of hydrogen-bond donors (Lipinski definition) is 3. The predicted octanol–water partition coefficient (Wildman–Crippen LogP) is 4.72. The zero-order valence-electron chi connectivity index (χ0n) is 17.7. The third kappa shape index (κ3) is 4.56. The second-order valence-corrected chi connectivity index (χ2v) is 9.23. The van der Waals surface area contributed by atoms with Gasteiger partial charge in [-0.15, -0.1) is 0 Å². The first kappa shape index (κ1) is 23.9. The van der Waals surface area contributed by atoms with Gasteiger partial charge in [0.15, 0.2) is 11.5 Å². The van der Waals surface area contributed by atoms with E-state index in [1.54, 1.807) is 13.0 Å². The molecule has 1 unspecified atom stereocenters. The maximum Gasteiger partial charge on any atom is 0.217 e. The number of ketones is 1. The molecule has 4 rings (SSSR count). The van der Waals surface area contributed by atoms with E-state index in [9.17, 15) is 17.8 Å². The summed E-state index contributed by atoms with van der Waals surface area (Å²) in [5.41, 5.74) is -0.678. The van der Waals surface area contributed by atoms with Crippen molar-refractivity contribution >= 4 is 45.4 Å². The molecule has 0 aliphatic carbocycles. The number of aromatic amines is 1. The number of halogens is 3. The van der Waals surface area contributed by atoms with Crippen LogP contribution in [0.15, 0.2) is 47.5 Å². The lowest BCUT2D eigenvalue weighted by atomic mass is 10.0. The fraction of sp³-hybridized carbons (Fsp3) is 0.136. The number of carbonyl (C=O) groups excluding carboxylic acids is 1. The van der Waals surface area contributed by atoms with Crippen LogP contribution in [0.1, 0.15) is 29.4 Å². The normalized spacial score (nSPS) is 12.1. The van der Waals surface area contributed by atoms with Gasteiger partial charge in [-0.3, -0.25) is 15.0 Å². The van der Waals surface area contributed by atoms with Crippen LogP contribution >= 0.6 is 11.9 Å². The van der Waals surface area contributed by atoms with Gasteiger partial charge in [-0.25, -0.2) is 22.4 Å². The van der Waals surface area contributed by atoms with Crippen LogP contribution in [0, 0.1) is 17.5 Å². The van der Waals surface area contributed by atoms with E-state index in [4.69, 9.17) is 5.14 Å². The lowest BCUT2D eigenvalue weighted by Gasteiger charge is -2.10. The van der Waals surface area contributed by atoms with Crippen molar-refractivity contribution in [3.05, 3.63) is 71.3 Å². The number of hydrogen-bond acceptors (Lipinski definition) is 6. The minimum Gasteiger partial charge on any atom is -0.302 e. The van der Waals surface area contributed by atoms with Gasteiger partial charge in [-0.1, -0.05) is 13.0 Å². The Hall–Kier alpha value is -3.22. The van der Waals surface area contributed by atoms with Crippen molar-refractivity contribution in [1.29, 1.82) is 0 Å². The Morgan fingerprint density at radius 3 is 2.68 bits per heavy atom. The quantitative estimate of drug-likeness (QED) is 0.236. The van der Waals surface area contributed by atoms with Crippen molar-refractivity contribution in [2.45, 2.75) is 18.2 Å². The number of pyridine rings is 1. The van der Waals surface area contributed by atoms with Gasteiger partial charge < -0.3 is 4.72 Å². The molecule has 7 nitrogen and oxygen atoms in total. The molecular formula is C22H18F3N5O2S2. The summed E-state index contributed by atoms with van der Waals surface area (Å²) >= 11 is 0.894. The van der Waals surface area contributed by atoms with E-state index in [0.717, 1.165) is 24.1 Å². The summed E-state index contributed by atoms with van der Waals surface area (Å²) in [6.07, 6.45) is 1.96. The third-order valence-corrected chi connectivity index (χ3v) is 6.71. The van der Waals surface area contributed by atoms with Crippen molar-refractivity contribution in [3.8, 4) is 11.1 Å². The van der Waals surface area contributed by atoms with Crippen molar-refractivity contribution in [2.24, 2.45) is 5.14 Å². The van der Waals surface area contributed by atoms with E-state index in [2.05, 4.69) is 19.9 Å². The van der Waals surface area contributed by atoms with E-state index in [0.29, 0.717) is 16.9 Å². The molecule has 12 heteroatoms. The molecule has 176 valence electrons. The lowest BCUT2D eigenvalue weighted by molar-refractivity contribution is 0.102. The molecular weight excluding hydrogens is 487 g/mol. The fourth-order valence-corrected chi connectivity index (χ4v) is 4.54. The average Bonchev–Trinajstić information content (AvgIpc) is 3.24. The Morgan fingerprint density at radius 2 is 1.97 bits per heavy atom. The number of fused-ring (bicyclic) bond motifs is 1. The van der Waals surface area contributed by atoms with Crippen molar-refractivity contribution < 1.29 is 22.2 Å². The second-order valence-electron chi connectivity index (χ2n) is 7.22. The number of carbonyl (C=O) groups is 1. The average molecular weight is 506 g/mol. The molecule has 0 saturated carbocycles. The van der Waals surface area contributed by atoms with Gasteiger partial charge in [0, 0.05) is 28.0 Å². The minimum absolute atomic E-state index is 0.112.